The molecule has 1 aliphatic rings. The van der Waals surface area contributed by atoms with Gasteiger partial charge in [-0.2, -0.15) is 0 Å². The van der Waals surface area contributed by atoms with Crippen LogP contribution < -0.4 is 10.4 Å². The van der Waals surface area contributed by atoms with Crippen molar-refractivity contribution in [1.82, 2.24) is 14.9 Å². The predicted octanol–water partition coefficient (Wildman–Crippen LogP) is 4.17. The standard InChI is InChI=1S/C21H22ClN3O4/c1-21(2,3)29-20(27)25-10-13(11-25)28-17-6-4-5-14(18(17)22)12-7-8-15-16(9-12)24-19(26)23-15/h4-9,13H,10-11H2,1-3H3,(H2,23,24,26). The molecule has 0 unspecified atom stereocenters. The fraction of sp³-hybridized carbons (Fsp3) is 0.333. The van der Waals surface area contributed by atoms with E-state index in [0.717, 1.165) is 16.6 Å². The molecule has 2 N–H and O–H groups in total. The monoisotopic (exact) mass is 415 g/mol. The first kappa shape index (κ1) is 19.4. The van der Waals surface area contributed by atoms with Crippen molar-refractivity contribution in [3.05, 3.63) is 51.9 Å². The van der Waals surface area contributed by atoms with Crippen LogP contribution in [-0.2, 0) is 4.74 Å². The Hall–Kier alpha value is -2.93. The number of aromatic amines is 2. The van der Waals surface area contributed by atoms with Crippen LogP contribution in [0.15, 0.2) is 41.2 Å². The lowest BCUT2D eigenvalue weighted by atomic mass is 10.0. The third-order valence-electron chi connectivity index (χ3n) is 4.58. The maximum Gasteiger partial charge on any atom is 0.410 e. The van der Waals surface area contributed by atoms with Gasteiger partial charge in [-0.15, -0.1) is 0 Å². The number of fused-ring (bicyclic) bond motifs is 1. The van der Waals surface area contributed by atoms with Crippen molar-refractivity contribution in [2.45, 2.75) is 32.5 Å². The number of likely N-dealkylation sites (tertiary alicyclic amines) is 1. The largest absolute Gasteiger partial charge is 0.485 e. The molecule has 8 heteroatoms. The number of rotatable bonds is 3. The third-order valence-corrected chi connectivity index (χ3v) is 4.97. The summed E-state index contributed by atoms with van der Waals surface area (Å²) in [5.41, 5.74) is 2.34. The first-order valence-electron chi connectivity index (χ1n) is 9.35. The molecule has 0 radical (unpaired) electrons. The maximum atomic E-state index is 12.0. The number of halogens is 1. The highest BCUT2D eigenvalue weighted by atomic mass is 35.5. The topological polar surface area (TPSA) is 87.4 Å². The highest BCUT2D eigenvalue weighted by Crippen LogP contribution is 2.37. The Bertz CT molecular complexity index is 1120. The van der Waals surface area contributed by atoms with E-state index in [2.05, 4.69) is 9.97 Å². The summed E-state index contributed by atoms with van der Waals surface area (Å²) in [5.74, 6) is 0.556. The van der Waals surface area contributed by atoms with Crippen LogP contribution in [0.5, 0.6) is 5.75 Å². The summed E-state index contributed by atoms with van der Waals surface area (Å²) in [6.45, 7) is 6.41. The molecule has 2 aromatic carbocycles. The lowest BCUT2D eigenvalue weighted by Gasteiger charge is -2.39. The van der Waals surface area contributed by atoms with Crippen LogP contribution in [0.3, 0.4) is 0 Å². The number of carbonyl (C=O) groups excluding carboxylic acids is 1. The number of carbonyl (C=O) groups is 1. The number of H-pyrrole nitrogens is 2. The quantitative estimate of drug-likeness (QED) is 0.671. The Morgan fingerprint density at radius 1 is 1.14 bits per heavy atom. The van der Waals surface area contributed by atoms with Gasteiger partial charge in [-0.3, -0.25) is 0 Å². The van der Waals surface area contributed by atoms with Gasteiger partial charge < -0.3 is 24.3 Å². The van der Waals surface area contributed by atoms with Gasteiger partial charge in [0.15, 0.2) is 0 Å². The van der Waals surface area contributed by atoms with Crippen molar-refractivity contribution in [3.8, 4) is 16.9 Å². The third kappa shape index (κ3) is 4.10. The van der Waals surface area contributed by atoms with E-state index >= 15 is 0 Å². The van der Waals surface area contributed by atoms with Gasteiger partial charge in [0.05, 0.1) is 29.1 Å². The number of hydrogen-bond acceptors (Lipinski definition) is 4. The van der Waals surface area contributed by atoms with E-state index < -0.39 is 5.60 Å². The summed E-state index contributed by atoms with van der Waals surface area (Å²) in [6, 6.07) is 11.2. The zero-order valence-corrected chi connectivity index (χ0v) is 17.2. The molecule has 7 nitrogen and oxygen atoms in total. The Morgan fingerprint density at radius 2 is 1.86 bits per heavy atom. The van der Waals surface area contributed by atoms with Gasteiger partial charge >= 0.3 is 11.8 Å². The first-order chi connectivity index (χ1) is 13.7. The van der Waals surface area contributed by atoms with Crippen LogP contribution in [0.25, 0.3) is 22.2 Å². The van der Waals surface area contributed by atoms with E-state index in [1.54, 1.807) is 11.0 Å². The fourth-order valence-electron chi connectivity index (χ4n) is 3.19. The highest BCUT2D eigenvalue weighted by molar-refractivity contribution is 6.34. The van der Waals surface area contributed by atoms with Gasteiger partial charge in [-0.25, -0.2) is 9.59 Å². The van der Waals surface area contributed by atoms with Crippen molar-refractivity contribution in [3.63, 3.8) is 0 Å². The number of nitrogens with zero attached hydrogens (tertiary/aromatic N) is 1. The van der Waals surface area contributed by atoms with E-state index in [0.29, 0.717) is 29.4 Å². The molecular weight excluding hydrogens is 394 g/mol. The van der Waals surface area contributed by atoms with Crippen LogP contribution in [0.4, 0.5) is 4.79 Å². The first-order valence-corrected chi connectivity index (χ1v) is 9.73. The van der Waals surface area contributed by atoms with E-state index in [1.807, 2.05) is 51.1 Å². The van der Waals surface area contributed by atoms with Crippen molar-refractivity contribution >= 4 is 28.7 Å². The minimum Gasteiger partial charge on any atom is -0.485 e. The number of benzene rings is 2. The van der Waals surface area contributed by atoms with E-state index in [9.17, 15) is 9.59 Å². The van der Waals surface area contributed by atoms with E-state index in [4.69, 9.17) is 21.1 Å². The second kappa shape index (κ2) is 7.15. The maximum absolute atomic E-state index is 12.0. The van der Waals surface area contributed by atoms with Crippen molar-refractivity contribution < 1.29 is 14.3 Å². The summed E-state index contributed by atoms with van der Waals surface area (Å²) < 4.78 is 11.4. The minimum atomic E-state index is -0.522. The van der Waals surface area contributed by atoms with Gasteiger partial charge in [-0.05, 0) is 44.5 Å². The lowest BCUT2D eigenvalue weighted by Crippen LogP contribution is -2.57. The molecule has 29 heavy (non-hydrogen) atoms. The Balaban J connectivity index is 1.48. The summed E-state index contributed by atoms with van der Waals surface area (Å²) in [5, 5.41) is 0.487. The molecule has 3 aromatic rings. The van der Waals surface area contributed by atoms with Crippen LogP contribution in [-0.4, -0.2) is 45.8 Å². The van der Waals surface area contributed by atoms with Gasteiger partial charge in [0, 0.05) is 5.56 Å². The average Bonchev–Trinajstić information content (AvgIpc) is 2.96. The average molecular weight is 416 g/mol. The zero-order valence-electron chi connectivity index (χ0n) is 16.4. The highest BCUT2D eigenvalue weighted by Gasteiger charge is 2.35. The Labute approximate surface area is 172 Å². The van der Waals surface area contributed by atoms with Crippen LogP contribution in [0.1, 0.15) is 20.8 Å². The summed E-state index contributed by atoms with van der Waals surface area (Å²) in [7, 11) is 0. The zero-order chi connectivity index (χ0) is 20.8. The van der Waals surface area contributed by atoms with Crippen molar-refractivity contribution in [1.29, 1.82) is 0 Å². The van der Waals surface area contributed by atoms with Crippen LogP contribution in [0.2, 0.25) is 5.02 Å². The van der Waals surface area contributed by atoms with Crippen LogP contribution >= 0.6 is 11.6 Å². The molecule has 152 valence electrons. The molecule has 1 aliphatic heterocycles. The van der Waals surface area contributed by atoms with Gasteiger partial charge in [0.1, 0.15) is 17.5 Å². The minimum absolute atomic E-state index is 0.140. The predicted molar refractivity (Wildman–Crippen MR) is 112 cm³/mol. The van der Waals surface area contributed by atoms with Gasteiger partial charge in [-0.1, -0.05) is 29.8 Å². The second-order valence-corrected chi connectivity index (χ2v) is 8.46. The number of aromatic nitrogens is 2. The Morgan fingerprint density at radius 3 is 2.59 bits per heavy atom. The molecule has 2 heterocycles. The number of imidazole rings is 1. The molecule has 4 rings (SSSR count). The Kier molecular flexibility index (Phi) is 4.78. The number of amides is 1. The van der Waals surface area contributed by atoms with Gasteiger partial charge in [0.25, 0.3) is 0 Å². The molecule has 1 saturated heterocycles. The fourth-order valence-corrected chi connectivity index (χ4v) is 3.47. The number of nitrogens with one attached hydrogen (secondary N) is 2. The summed E-state index contributed by atoms with van der Waals surface area (Å²) in [4.78, 5) is 30.6. The molecule has 0 spiro atoms. The van der Waals surface area contributed by atoms with E-state index in [-0.39, 0.29) is 17.9 Å². The number of ether oxygens (including phenoxy) is 2. The van der Waals surface area contributed by atoms with E-state index in [1.165, 1.54) is 0 Å². The molecule has 1 fully saturated rings. The molecule has 0 atom stereocenters. The summed E-state index contributed by atoms with van der Waals surface area (Å²) >= 11 is 6.60. The molecule has 0 aliphatic carbocycles. The smallest absolute Gasteiger partial charge is 0.410 e. The molecule has 1 aromatic heterocycles. The normalized spacial score (nSPS) is 14.7. The molecular formula is C21H22ClN3O4. The van der Waals surface area contributed by atoms with Crippen molar-refractivity contribution in [2.24, 2.45) is 0 Å². The number of hydrogen-bond donors (Lipinski definition) is 2. The van der Waals surface area contributed by atoms with Crippen LogP contribution in [0, 0.1) is 0 Å². The molecule has 1 amide bonds. The second-order valence-electron chi connectivity index (χ2n) is 8.08. The van der Waals surface area contributed by atoms with Gasteiger partial charge in [0.2, 0.25) is 0 Å². The molecule has 0 bridgehead atoms. The van der Waals surface area contributed by atoms with Crippen molar-refractivity contribution in [2.75, 3.05) is 13.1 Å². The lowest BCUT2D eigenvalue weighted by molar-refractivity contribution is -0.0221. The molecule has 0 saturated carbocycles. The summed E-state index contributed by atoms with van der Waals surface area (Å²) in [6.07, 6.45) is -0.482. The SMILES string of the molecule is CC(C)(C)OC(=O)N1CC(Oc2cccc(-c3ccc4[nH]c(=O)[nH]c4c3)c2Cl)C1.